The average molecular weight is 577 g/mol. The van der Waals surface area contributed by atoms with Gasteiger partial charge in [-0.2, -0.15) is 0 Å². The van der Waals surface area contributed by atoms with Crippen molar-refractivity contribution in [3.8, 4) is 11.5 Å². The molecule has 0 fully saturated rings. The third-order valence-corrected chi connectivity index (χ3v) is 8.78. The van der Waals surface area contributed by atoms with Crippen molar-refractivity contribution in [2.45, 2.75) is 0 Å². The summed E-state index contributed by atoms with van der Waals surface area (Å²) in [6, 6.07) is 60.1. The van der Waals surface area contributed by atoms with Crippen molar-refractivity contribution >= 4 is 66.4 Å². The summed E-state index contributed by atoms with van der Waals surface area (Å²) in [4.78, 5) is 4.60. The maximum Gasteiger partial charge on any atom is 0.153 e. The Bertz CT molecular complexity index is 2330. The fraction of sp³-hybridized carbons (Fsp3) is 0. The Morgan fingerprint density at radius 3 is 1.58 bits per heavy atom. The zero-order valence-corrected chi connectivity index (χ0v) is 24.5. The van der Waals surface area contributed by atoms with Crippen LogP contribution >= 0.6 is 0 Å². The maximum absolute atomic E-state index is 6.60. The van der Waals surface area contributed by atoms with E-state index in [1.54, 1.807) is 0 Å². The van der Waals surface area contributed by atoms with Crippen LogP contribution < -0.4 is 14.5 Å². The second kappa shape index (κ2) is 10.3. The normalized spacial score (nSPS) is 12.1. The van der Waals surface area contributed by atoms with Crippen LogP contribution in [0.1, 0.15) is 0 Å². The van der Waals surface area contributed by atoms with Crippen molar-refractivity contribution in [1.82, 2.24) is 0 Å². The van der Waals surface area contributed by atoms with E-state index in [1.807, 2.05) is 18.2 Å². The van der Waals surface area contributed by atoms with E-state index in [0.717, 1.165) is 45.6 Å². The molecule has 9 rings (SSSR count). The van der Waals surface area contributed by atoms with Gasteiger partial charge in [0.05, 0.1) is 11.4 Å². The van der Waals surface area contributed by atoms with Gasteiger partial charge in [-0.1, -0.05) is 103 Å². The molecule has 0 aromatic heterocycles. The highest BCUT2D eigenvalue weighted by Crippen LogP contribution is 2.52. The van der Waals surface area contributed by atoms with Gasteiger partial charge in [0.2, 0.25) is 0 Å². The number of nitrogens with zero attached hydrogens (tertiary/aromatic N) is 2. The molecule has 0 saturated heterocycles. The minimum atomic E-state index is 0.813. The lowest BCUT2D eigenvalue weighted by Crippen LogP contribution is -2.16. The van der Waals surface area contributed by atoms with Crippen LogP contribution in [-0.2, 0) is 0 Å². The number of benzene rings is 8. The van der Waals surface area contributed by atoms with E-state index >= 15 is 0 Å². The van der Waals surface area contributed by atoms with E-state index in [9.17, 15) is 0 Å². The third-order valence-electron chi connectivity index (χ3n) is 8.78. The van der Waals surface area contributed by atoms with Gasteiger partial charge in [0.15, 0.2) is 11.5 Å². The molecule has 3 nitrogen and oxygen atoms in total. The second-order valence-corrected chi connectivity index (χ2v) is 11.4. The molecule has 0 atom stereocenters. The molecule has 0 unspecified atom stereocenters. The van der Waals surface area contributed by atoms with Crippen LogP contribution in [0.3, 0.4) is 0 Å². The monoisotopic (exact) mass is 576 g/mol. The molecule has 3 heteroatoms. The minimum Gasteiger partial charge on any atom is -0.453 e. The molecule has 1 heterocycles. The molecule has 45 heavy (non-hydrogen) atoms. The lowest BCUT2D eigenvalue weighted by molar-refractivity contribution is 0.477. The van der Waals surface area contributed by atoms with E-state index in [1.165, 1.54) is 32.3 Å². The van der Waals surface area contributed by atoms with Crippen LogP contribution in [-0.4, -0.2) is 0 Å². The van der Waals surface area contributed by atoms with Gasteiger partial charge in [0, 0.05) is 28.8 Å². The van der Waals surface area contributed by atoms with Gasteiger partial charge in [-0.25, -0.2) is 0 Å². The Labute approximate surface area is 261 Å². The summed E-state index contributed by atoms with van der Waals surface area (Å²) in [5, 5.41) is 7.57. The van der Waals surface area contributed by atoms with Crippen molar-refractivity contribution < 1.29 is 4.74 Å². The van der Waals surface area contributed by atoms with E-state index in [-0.39, 0.29) is 0 Å². The van der Waals surface area contributed by atoms with Gasteiger partial charge in [-0.15, -0.1) is 0 Å². The van der Waals surface area contributed by atoms with Crippen molar-refractivity contribution in [1.29, 1.82) is 0 Å². The van der Waals surface area contributed by atoms with Gasteiger partial charge in [-0.05, 0) is 93.0 Å². The lowest BCUT2D eigenvalue weighted by Gasteiger charge is -2.34. The number of hydrogen-bond donors (Lipinski definition) is 0. The van der Waals surface area contributed by atoms with Gasteiger partial charge in [0.1, 0.15) is 0 Å². The topological polar surface area (TPSA) is 15.7 Å². The molecule has 8 aromatic carbocycles. The average Bonchev–Trinajstić information content (AvgIpc) is 3.11. The summed E-state index contributed by atoms with van der Waals surface area (Å²) in [6.07, 6.45) is 0. The fourth-order valence-electron chi connectivity index (χ4n) is 6.80. The SMILES string of the molecule is c1ccc(N(c2ccc3c(c2)Oc2ccccc2N3c2ccccc2)c2ccc3c4ccccc4c4ccccc4c3c2)cc1. The maximum atomic E-state index is 6.60. The standard InChI is InChI=1S/C42H28N2O/c1-3-13-29(14-4-1)43(31-23-25-37-35-19-8-7-17-33(35)34-18-9-10-20-36(34)38(37)27-31)32-24-26-40-42(28-32)45-41-22-12-11-21-39(41)44(40)30-15-5-2-6-16-30/h1-28H. The highest BCUT2D eigenvalue weighted by atomic mass is 16.5. The molecule has 0 N–H and O–H groups in total. The van der Waals surface area contributed by atoms with E-state index in [4.69, 9.17) is 4.74 Å². The molecular weight excluding hydrogens is 548 g/mol. The predicted molar refractivity (Wildman–Crippen MR) is 188 cm³/mol. The van der Waals surface area contributed by atoms with Gasteiger partial charge in [0.25, 0.3) is 0 Å². The van der Waals surface area contributed by atoms with E-state index in [0.29, 0.717) is 0 Å². The molecule has 0 amide bonds. The summed E-state index contributed by atoms with van der Waals surface area (Å²) < 4.78 is 6.60. The first-order valence-corrected chi connectivity index (χ1v) is 15.3. The molecule has 0 radical (unpaired) electrons. The Balaban J connectivity index is 1.25. The van der Waals surface area contributed by atoms with Gasteiger partial charge in [-0.3, -0.25) is 0 Å². The summed E-state index contributed by atoms with van der Waals surface area (Å²) in [5.41, 5.74) is 6.32. The van der Waals surface area contributed by atoms with Crippen molar-refractivity contribution in [3.05, 3.63) is 170 Å². The molecular formula is C42H28N2O. The zero-order valence-electron chi connectivity index (χ0n) is 24.5. The van der Waals surface area contributed by atoms with Crippen molar-refractivity contribution in [2.75, 3.05) is 9.80 Å². The number of rotatable bonds is 4. The minimum absolute atomic E-state index is 0.813. The molecule has 8 aromatic rings. The van der Waals surface area contributed by atoms with Crippen molar-refractivity contribution in [2.24, 2.45) is 0 Å². The molecule has 212 valence electrons. The molecule has 0 saturated carbocycles. The summed E-state index contributed by atoms with van der Waals surface area (Å²) in [6.45, 7) is 0. The first kappa shape index (κ1) is 25.4. The number of ether oxygens (including phenoxy) is 1. The summed E-state index contributed by atoms with van der Waals surface area (Å²) in [5.74, 6) is 1.65. The van der Waals surface area contributed by atoms with Gasteiger partial charge < -0.3 is 14.5 Å². The smallest absolute Gasteiger partial charge is 0.153 e. The van der Waals surface area contributed by atoms with E-state index in [2.05, 4.69) is 161 Å². The largest absolute Gasteiger partial charge is 0.453 e. The molecule has 0 aliphatic carbocycles. The highest BCUT2D eigenvalue weighted by Gasteiger charge is 2.27. The van der Waals surface area contributed by atoms with Crippen LogP contribution in [0.4, 0.5) is 34.1 Å². The van der Waals surface area contributed by atoms with E-state index < -0.39 is 0 Å². The third kappa shape index (κ3) is 4.13. The Morgan fingerprint density at radius 2 is 0.867 bits per heavy atom. The Kier molecular flexibility index (Phi) is 5.82. The lowest BCUT2D eigenvalue weighted by atomic mass is 9.94. The summed E-state index contributed by atoms with van der Waals surface area (Å²) >= 11 is 0. The van der Waals surface area contributed by atoms with Crippen molar-refractivity contribution in [3.63, 3.8) is 0 Å². The Hall–Kier alpha value is -6.06. The first-order chi connectivity index (χ1) is 22.3. The molecule has 0 spiro atoms. The Morgan fingerprint density at radius 1 is 0.356 bits per heavy atom. The quantitative estimate of drug-likeness (QED) is 0.194. The number of hydrogen-bond acceptors (Lipinski definition) is 3. The van der Waals surface area contributed by atoms with Gasteiger partial charge >= 0.3 is 0 Å². The van der Waals surface area contributed by atoms with Crippen LogP contribution in [0, 0.1) is 0 Å². The zero-order chi connectivity index (χ0) is 29.7. The summed E-state index contributed by atoms with van der Waals surface area (Å²) in [7, 11) is 0. The molecule has 1 aliphatic heterocycles. The predicted octanol–water partition coefficient (Wildman–Crippen LogP) is 12.2. The van der Waals surface area contributed by atoms with Crippen LogP contribution in [0.25, 0.3) is 32.3 Å². The second-order valence-electron chi connectivity index (χ2n) is 11.4. The van der Waals surface area contributed by atoms with Crippen LogP contribution in [0.2, 0.25) is 0 Å². The number of para-hydroxylation sites is 4. The molecule has 1 aliphatic rings. The highest BCUT2D eigenvalue weighted by molar-refractivity contribution is 6.25. The fourth-order valence-corrected chi connectivity index (χ4v) is 6.80. The number of fused-ring (bicyclic) bond motifs is 8. The molecule has 0 bridgehead atoms. The first-order valence-electron chi connectivity index (χ1n) is 15.3. The van der Waals surface area contributed by atoms with Crippen LogP contribution in [0.15, 0.2) is 170 Å². The van der Waals surface area contributed by atoms with Crippen LogP contribution in [0.5, 0.6) is 11.5 Å². The number of anilines is 6.